The summed E-state index contributed by atoms with van der Waals surface area (Å²) in [5.74, 6) is 0. The standard InChI is InChI=1S/C9H21NO2/c1-9(2,3)8(11)7-10-5-6-12-4/h8,10-11H,5-7H2,1-4H3. The number of hydrogen-bond donors (Lipinski definition) is 2. The van der Waals surface area contributed by atoms with Crippen LogP contribution in [-0.4, -0.2) is 38.0 Å². The monoisotopic (exact) mass is 175 g/mol. The molecule has 0 aromatic rings. The Hall–Kier alpha value is -0.120. The summed E-state index contributed by atoms with van der Waals surface area (Å²) in [6, 6.07) is 0. The molecule has 0 aliphatic heterocycles. The van der Waals surface area contributed by atoms with Gasteiger partial charge in [0.2, 0.25) is 0 Å². The van der Waals surface area contributed by atoms with E-state index in [0.29, 0.717) is 13.2 Å². The lowest BCUT2D eigenvalue weighted by Crippen LogP contribution is -2.37. The van der Waals surface area contributed by atoms with Gasteiger partial charge >= 0.3 is 0 Å². The van der Waals surface area contributed by atoms with E-state index in [0.717, 1.165) is 6.54 Å². The van der Waals surface area contributed by atoms with Gasteiger partial charge in [0.1, 0.15) is 0 Å². The van der Waals surface area contributed by atoms with Crippen LogP contribution in [0.15, 0.2) is 0 Å². The molecule has 0 aliphatic carbocycles. The van der Waals surface area contributed by atoms with Crippen LogP contribution in [0.3, 0.4) is 0 Å². The minimum absolute atomic E-state index is 0.0416. The molecule has 0 amide bonds. The van der Waals surface area contributed by atoms with Gasteiger partial charge in [-0.25, -0.2) is 0 Å². The van der Waals surface area contributed by atoms with Crippen LogP contribution in [-0.2, 0) is 4.74 Å². The van der Waals surface area contributed by atoms with E-state index in [1.165, 1.54) is 0 Å². The van der Waals surface area contributed by atoms with Crippen molar-refractivity contribution in [2.75, 3.05) is 26.8 Å². The predicted octanol–water partition coefficient (Wildman–Crippen LogP) is 0.629. The lowest BCUT2D eigenvalue weighted by atomic mass is 9.89. The summed E-state index contributed by atoms with van der Waals surface area (Å²) in [6.45, 7) is 8.19. The van der Waals surface area contributed by atoms with Gasteiger partial charge in [0.15, 0.2) is 0 Å². The van der Waals surface area contributed by atoms with Crippen molar-refractivity contribution in [1.82, 2.24) is 5.32 Å². The molecule has 2 N–H and O–H groups in total. The second-order valence-electron chi connectivity index (χ2n) is 4.08. The number of nitrogens with one attached hydrogen (secondary N) is 1. The van der Waals surface area contributed by atoms with Crippen LogP contribution in [0.2, 0.25) is 0 Å². The minimum atomic E-state index is -0.297. The molecule has 1 atom stereocenters. The number of rotatable bonds is 5. The molecular weight excluding hydrogens is 154 g/mol. The molecule has 1 unspecified atom stereocenters. The van der Waals surface area contributed by atoms with Gasteiger partial charge in [0.25, 0.3) is 0 Å². The Kier molecular flexibility index (Phi) is 5.46. The second-order valence-corrected chi connectivity index (χ2v) is 4.08. The van der Waals surface area contributed by atoms with Crippen LogP contribution in [0.1, 0.15) is 20.8 Å². The normalized spacial score (nSPS) is 14.8. The molecule has 3 nitrogen and oxygen atoms in total. The van der Waals surface area contributed by atoms with Gasteiger partial charge in [-0.05, 0) is 5.41 Å². The zero-order valence-electron chi connectivity index (χ0n) is 8.55. The maximum Gasteiger partial charge on any atom is 0.0712 e. The fourth-order valence-electron chi connectivity index (χ4n) is 0.719. The van der Waals surface area contributed by atoms with Crippen LogP contribution in [0.5, 0.6) is 0 Å². The minimum Gasteiger partial charge on any atom is -0.391 e. The molecule has 0 saturated carbocycles. The second kappa shape index (κ2) is 5.51. The Morgan fingerprint density at radius 3 is 2.42 bits per heavy atom. The van der Waals surface area contributed by atoms with E-state index in [-0.39, 0.29) is 11.5 Å². The molecule has 0 fully saturated rings. The number of aliphatic hydroxyl groups is 1. The van der Waals surface area contributed by atoms with E-state index in [9.17, 15) is 5.11 Å². The first-order valence-electron chi connectivity index (χ1n) is 4.36. The van der Waals surface area contributed by atoms with Crippen molar-refractivity contribution in [1.29, 1.82) is 0 Å². The van der Waals surface area contributed by atoms with Gasteiger partial charge in [-0.15, -0.1) is 0 Å². The Morgan fingerprint density at radius 2 is 2.00 bits per heavy atom. The Balaban J connectivity index is 3.38. The average Bonchev–Trinajstić information content (AvgIpc) is 1.96. The lowest BCUT2D eigenvalue weighted by molar-refractivity contribution is 0.0613. The van der Waals surface area contributed by atoms with Gasteiger partial charge in [-0.2, -0.15) is 0 Å². The average molecular weight is 175 g/mol. The van der Waals surface area contributed by atoms with Crippen LogP contribution in [0.25, 0.3) is 0 Å². The first-order valence-corrected chi connectivity index (χ1v) is 4.36. The van der Waals surface area contributed by atoms with Crippen LogP contribution in [0, 0.1) is 5.41 Å². The maximum atomic E-state index is 9.58. The largest absolute Gasteiger partial charge is 0.391 e. The molecule has 0 spiro atoms. The van der Waals surface area contributed by atoms with Gasteiger partial charge in [-0.3, -0.25) is 0 Å². The highest BCUT2D eigenvalue weighted by Gasteiger charge is 2.20. The smallest absolute Gasteiger partial charge is 0.0712 e. The van der Waals surface area contributed by atoms with E-state index in [1.807, 2.05) is 20.8 Å². The van der Waals surface area contributed by atoms with Gasteiger partial charge in [0, 0.05) is 20.2 Å². The predicted molar refractivity (Wildman–Crippen MR) is 50.2 cm³/mol. The maximum absolute atomic E-state index is 9.58. The fourth-order valence-corrected chi connectivity index (χ4v) is 0.719. The summed E-state index contributed by atoms with van der Waals surface area (Å²) < 4.78 is 4.87. The van der Waals surface area contributed by atoms with Crippen LogP contribution in [0.4, 0.5) is 0 Å². The highest BCUT2D eigenvalue weighted by Crippen LogP contribution is 2.17. The molecule has 74 valence electrons. The molecule has 0 aliphatic rings. The third kappa shape index (κ3) is 5.52. The molecule has 0 rings (SSSR count). The SMILES string of the molecule is COCCNCC(O)C(C)(C)C. The summed E-state index contributed by atoms with van der Waals surface area (Å²) >= 11 is 0. The summed E-state index contributed by atoms with van der Waals surface area (Å²) in [6.07, 6.45) is -0.297. The first kappa shape index (κ1) is 11.9. The van der Waals surface area contributed by atoms with E-state index in [2.05, 4.69) is 5.32 Å². The Labute approximate surface area is 75.1 Å². The zero-order chi connectivity index (χ0) is 9.61. The molecule has 0 aromatic carbocycles. The van der Waals surface area contributed by atoms with Crippen LogP contribution >= 0.6 is 0 Å². The van der Waals surface area contributed by atoms with Crippen molar-refractivity contribution in [2.24, 2.45) is 5.41 Å². The van der Waals surface area contributed by atoms with Crippen molar-refractivity contribution >= 4 is 0 Å². The number of methoxy groups -OCH3 is 1. The lowest BCUT2D eigenvalue weighted by Gasteiger charge is -2.25. The summed E-state index contributed by atoms with van der Waals surface area (Å²) in [7, 11) is 1.67. The molecule has 3 heteroatoms. The van der Waals surface area contributed by atoms with Crippen molar-refractivity contribution in [2.45, 2.75) is 26.9 Å². The number of ether oxygens (including phenoxy) is 1. The van der Waals surface area contributed by atoms with E-state index < -0.39 is 0 Å². The molecule has 12 heavy (non-hydrogen) atoms. The third-order valence-electron chi connectivity index (χ3n) is 1.82. The van der Waals surface area contributed by atoms with Gasteiger partial charge in [-0.1, -0.05) is 20.8 Å². The number of hydrogen-bond acceptors (Lipinski definition) is 3. The van der Waals surface area contributed by atoms with Crippen molar-refractivity contribution < 1.29 is 9.84 Å². The summed E-state index contributed by atoms with van der Waals surface area (Å²) in [5, 5.41) is 12.7. The van der Waals surface area contributed by atoms with E-state index in [4.69, 9.17) is 4.74 Å². The van der Waals surface area contributed by atoms with Crippen molar-refractivity contribution in [3.63, 3.8) is 0 Å². The topological polar surface area (TPSA) is 41.5 Å². The summed E-state index contributed by atoms with van der Waals surface area (Å²) in [5.41, 5.74) is -0.0416. The zero-order valence-corrected chi connectivity index (χ0v) is 8.55. The molecule has 0 radical (unpaired) electrons. The van der Waals surface area contributed by atoms with Crippen molar-refractivity contribution in [3.05, 3.63) is 0 Å². The Morgan fingerprint density at radius 1 is 1.42 bits per heavy atom. The fraction of sp³-hybridized carbons (Fsp3) is 1.00. The first-order chi connectivity index (χ1) is 5.48. The molecule has 0 saturated heterocycles. The molecule has 0 heterocycles. The van der Waals surface area contributed by atoms with E-state index >= 15 is 0 Å². The molecule has 0 aromatic heterocycles. The van der Waals surface area contributed by atoms with Gasteiger partial charge < -0.3 is 15.2 Å². The highest BCUT2D eigenvalue weighted by atomic mass is 16.5. The molecular formula is C9H21NO2. The van der Waals surface area contributed by atoms with Crippen LogP contribution < -0.4 is 5.32 Å². The highest BCUT2D eigenvalue weighted by molar-refractivity contribution is 4.74. The van der Waals surface area contributed by atoms with Crippen molar-refractivity contribution in [3.8, 4) is 0 Å². The molecule has 0 bridgehead atoms. The summed E-state index contributed by atoms with van der Waals surface area (Å²) in [4.78, 5) is 0. The quantitative estimate of drug-likeness (QED) is 0.602. The van der Waals surface area contributed by atoms with E-state index in [1.54, 1.807) is 7.11 Å². The van der Waals surface area contributed by atoms with Gasteiger partial charge in [0.05, 0.1) is 12.7 Å². The Bertz CT molecular complexity index is 110. The third-order valence-corrected chi connectivity index (χ3v) is 1.82. The number of aliphatic hydroxyl groups excluding tert-OH is 1.